The molecule has 0 atom stereocenters. The van der Waals surface area contributed by atoms with Gasteiger partial charge >= 0.3 is 0 Å². The largest absolute Gasteiger partial charge is 0.343 e. The van der Waals surface area contributed by atoms with Gasteiger partial charge in [-0.3, -0.25) is 14.7 Å². The normalized spacial score (nSPS) is 15.0. The lowest BCUT2D eigenvalue weighted by atomic mass is 10.2. The van der Waals surface area contributed by atoms with Gasteiger partial charge < -0.3 is 4.90 Å². The molecule has 0 spiro atoms. The first-order valence-corrected chi connectivity index (χ1v) is 7.19. The molecule has 0 unspecified atom stereocenters. The van der Waals surface area contributed by atoms with Gasteiger partial charge in [-0.2, -0.15) is 0 Å². The SMILES string of the molecule is O=CN1CCN(Cc2ccccc2)CC1.c1ccncc1. The molecule has 110 valence electrons. The molecule has 4 heteroatoms. The van der Waals surface area contributed by atoms with E-state index in [0.717, 1.165) is 39.1 Å². The number of piperazine rings is 1. The molecule has 1 aliphatic heterocycles. The number of pyridine rings is 1. The van der Waals surface area contributed by atoms with E-state index in [1.54, 1.807) is 12.4 Å². The van der Waals surface area contributed by atoms with Crippen LogP contribution in [0.15, 0.2) is 60.9 Å². The van der Waals surface area contributed by atoms with E-state index < -0.39 is 0 Å². The Kier molecular flexibility index (Phi) is 6.42. The smallest absolute Gasteiger partial charge is 0.209 e. The number of nitrogens with zero attached hydrogens (tertiary/aromatic N) is 3. The fourth-order valence-corrected chi connectivity index (χ4v) is 2.18. The first kappa shape index (κ1) is 15.2. The second-order valence-electron chi connectivity index (χ2n) is 4.93. The van der Waals surface area contributed by atoms with Crippen molar-refractivity contribution < 1.29 is 4.79 Å². The lowest BCUT2D eigenvalue weighted by molar-refractivity contribution is -0.119. The van der Waals surface area contributed by atoms with Crippen molar-refractivity contribution in [3.63, 3.8) is 0 Å². The van der Waals surface area contributed by atoms with Crippen LogP contribution in [-0.4, -0.2) is 47.4 Å². The van der Waals surface area contributed by atoms with Crippen molar-refractivity contribution in [3.8, 4) is 0 Å². The minimum Gasteiger partial charge on any atom is -0.343 e. The van der Waals surface area contributed by atoms with E-state index in [-0.39, 0.29) is 0 Å². The summed E-state index contributed by atoms with van der Waals surface area (Å²) in [4.78, 5) is 18.5. The fraction of sp³-hybridized carbons (Fsp3) is 0.294. The lowest BCUT2D eigenvalue weighted by Gasteiger charge is -2.32. The Hall–Kier alpha value is -2.20. The third-order valence-corrected chi connectivity index (χ3v) is 3.37. The van der Waals surface area contributed by atoms with Crippen molar-refractivity contribution in [1.82, 2.24) is 14.8 Å². The molecular weight excluding hydrogens is 262 g/mol. The Balaban J connectivity index is 0.000000225. The van der Waals surface area contributed by atoms with E-state index in [4.69, 9.17) is 0 Å². The Morgan fingerprint density at radius 3 is 2.00 bits per heavy atom. The van der Waals surface area contributed by atoms with Crippen LogP contribution < -0.4 is 0 Å². The molecule has 3 rings (SSSR count). The average molecular weight is 283 g/mol. The van der Waals surface area contributed by atoms with Gasteiger partial charge in [-0.15, -0.1) is 0 Å². The Bertz CT molecular complexity index is 469. The van der Waals surface area contributed by atoms with Gasteiger partial charge in [0.05, 0.1) is 0 Å². The summed E-state index contributed by atoms with van der Waals surface area (Å²) in [6, 6.07) is 16.2. The number of benzene rings is 1. The van der Waals surface area contributed by atoms with Crippen LogP contribution >= 0.6 is 0 Å². The van der Waals surface area contributed by atoms with Crippen LogP contribution in [0.2, 0.25) is 0 Å². The standard InChI is InChI=1S/C12H16N2O.C5H5N/c15-11-14-8-6-13(7-9-14)10-12-4-2-1-3-5-12;1-2-4-6-5-3-1/h1-5,11H,6-10H2;1-5H. The van der Waals surface area contributed by atoms with E-state index >= 15 is 0 Å². The second kappa shape index (κ2) is 8.87. The summed E-state index contributed by atoms with van der Waals surface area (Å²) in [6.07, 6.45) is 4.44. The lowest BCUT2D eigenvalue weighted by Crippen LogP contribution is -2.45. The van der Waals surface area contributed by atoms with E-state index in [9.17, 15) is 4.79 Å². The highest BCUT2D eigenvalue weighted by Gasteiger charge is 2.14. The topological polar surface area (TPSA) is 36.4 Å². The first-order valence-electron chi connectivity index (χ1n) is 7.19. The summed E-state index contributed by atoms with van der Waals surface area (Å²) in [6.45, 7) is 4.67. The van der Waals surface area contributed by atoms with Crippen LogP contribution in [0.25, 0.3) is 0 Å². The summed E-state index contributed by atoms with van der Waals surface area (Å²) in [5, 5.41) is 0. The first-order chi connectivity index (χ1) is 10.4. The maximum Gasteiger partial charge on any atom is 0.209 e. The summed E-state index contributed by atoms with van der Waals surface area (Å²) in [7, 11) is 0. The van der Waals surface area contributed by atoms with Gasteiger partial charge in [0, 0.05) is 45.1 Å². The van der Waals surface area contributed by atoms with Gasteiger partial charge in [0.25, 0.3) is 0 Å². The number of amides is 1. The highest BCUT2D eigenvalue weighted by atomic mass is 16.1. The Labute approximate surface area is 126 Å². The zero-order chi connectivity index (χ0) is 14.8. The third kappa shape index (κ3) is 5.75. The Morgan fingerprint density at radius 1 is 0.905 bits per heavy atom. The summed E-state index contributed by atoms with van der Waals surface area (Å²) in [5.41, 5.74) is 1.34. The van der Waals surface area contributed by atoms with Crippen LogP contribution in [0.5, 0.6) is 0 Å². The van der Waals surface area contributed by atoms with Crippen molar-refractivity contribution in [2.45, 2.75) is 6.54 Å². The number of hydrogen-bond donors (Lipinski definition) is 0. The van der Waals surface area contributed by atoms with Crippen LogP contribution in [0, 0.1) is 0 Å². The zero-order valence-electron chi connectivity index (χ0n) is 12.1. The second-order valence-corrected chi connectivity index (χ2v) is 4.93. The molecule has 0 N–H and O–H groups in total. The van der Waals surface area contributed by atoms with E-state index in [1.165, 1.54) is 5.56 Å². The number of carbonyl (C=O) groups excluding carboxylic acids is 1. The maximum absolute atomic E-state index is 10.5. The van der Waals surface area contributed by atoms with E-state index in [0.29, 0.717) is 0 Å². The molecule has 1 aromatic carbocycles. The Morgan fingerprint density at radius 2 is 1.52 bits per heavy atom. The number of aromatic nitrogens is 1. The van der Waals surface area contributed by atoms with Gasteiger partial charge in [0.1, 0.15) is 0 Å². The highest BCUT2D eigenvalue weighted by Crippen LogP contribution is 2.07. The molecule has 1 aliphatic rings. The summed E-state index contributed by atoms with van der Waals surface area (Å²) in [5.74, 6) is 0. The minimum atomic E-state index is 0.857. The third-order valence-electron chi connectivity index (χ3n) is 3.37. The molecule has 0 radical (unpaired) electrons. The van der Waals surface area contributed by atoms with Gasteiger partial charge in [-0.1, -0.05) is 36.4 Å². The van der Waals surface area contributed by atoms with E-state index in [1.807, 2.05) is 29.2 Å². The molecule has 0 saturated carbocycles. The molecule has 1 aromatic heterocycles. The van der Waals surface area contributed by atoms with Crippen molar-refractivity contribution in [2.24, 2.45) is 0 Å². The molecule has 21 heavy (non-hydrogen) atoms. The molecule has 2 aromatic rings. The average Bonchev–Trinajstić information content (AvgIpc) is 2.59. The molecule has 0 aliphatic carbocycles. The van der Waals surface area contributed by atoms with Gasteiger partial charge in [0.15, 0.2) is 0 Å². The van der Waals surface area contributed by atoms with Crippen molar-refractivity contribution >= 4 is 6.41 Å². The monoisotopic (exact) mass is 283 g/mol. The minimum absolute atomic E-state index is 0.857. The predicted octanol–water partition coefficient (Wildman–Crippen LogP) is 2.04. The van der Waals surface area contributed by atoms with Crippen molar-refractivity contribution in [2.75, 3.05) is 26.2 Å². The predicted molar refractivity (Wildman–Crippen MR) is 83.6 cm³/mol. The highest BCUT2D eigenvalue weighted by molar-refractivity contribution is 5.47. The van der Waals surface area contributed by atoms with Crippen LogP contribution in [0.1, 0.15) is 5.56 Å². The van der Waals surface area contributed by atoms with Crippen LogP contribution in [0.4, 0.5) is 0 Å². The number of hydrogen-bond acceptors (Lipinski definition) is 3. The van der Waals surface area contributed by atoms with Crippen LogP contribution in [0.3, 0.4) is 0 Å². The van der Waals surface area contributed by atoms with Crippen molar-refractivity contribution in [1.29, 1.82) is 0 Å². The summed E-state index contributed by atoms with van der Waals surface area (Å²) >= 11 is 0. The van der Waals surface area contributed by atoms with Gasteiger partial charge in [0.2, 0.25) is 6.41 Å². The molecule has 1 saturated heterocycles. The van der Waals surface area contributed by atoms with E-state index in [2.05, 4.69) is 34.1 Å². The maximum atomic E-state index is 10.5. The quantitative estimate of drug-likeness (QED) is 0.809. The molecular formula is C17H21N3O. The molecule has 1 amide bonds. The van der Waals surface area contributed by atoms with Crippen LogP contribution in [-0.2, 0) is 11.3 Å². The van der Waals surface area contributed by atoms with Gasteiger partial charge in [-0.05, 0) is 17.7 Å². The molecule has 4 nitrogen and oxygen atoms in total. The molecule has 2 heterocycles. The van der Waals surface area contributed by atoms with Crippen molar-refractivity contribution in [3.05, 3.63) is 66.5 Å². The van der Waals surface area contributed by atoms with Gasteiger partial charge in [-0.25, -0.2) is 0 Å². The number of rotatable bonds is 3. The molecule has 0 bridgehead atoms. The summed E-state index contributed by atoms with van der Waals surface area (Å²) < 4.78 is 0. The zero-order valence-corrected chi connectivity index (χ0v) is 12.1. The molecule has 1 fully saturated rings. The number of carbonyl (C=O) groups is 1. The fourth-order valence-electron chi connectivity index (χ4n) is 2.18.